The van der Waals surface area contributed by atoms with Crippen LogP contribution in [0.15, 0.2) is 30.7 Å². The summed E-state index contributed by atoms with van der Waals surface area (Å²) in [6.07, 6.45) is 10.1. The topological polar surface area (TPSA) is 128 Å². The molecule has 8 heteroatoms. The number of nitrogens with zero attached hydrogens (tertiary/aromatic N) is 5. The van der Waals surface area contributed by atoms with E-state index in [2.05, 4.69) is 16.3 Å². The monoisotopic (exact) mass is 363 g/mol. The van der Waals surface area contributed by atoms with Gasteiger partial charge in [-0.2, -0.15) is 15.5 Å². The van der Waals surface area contributed by atoms with E-state index in [1.807, 2.05) is 16.9 Å². The van der Waals surface area contributed by atoms with E-state index in [0.29, 0.717) is 34.8 Å². The lowest BCUT2D eigenvalue weighted by Gasteiger charge is -2.21. The van der Waals surface area contributed by atoms with Gasteiger partial charge in [0.25, 0.3) is 5.91 Å². The Morgan fingerprint density at radius 3 is 2.78 bits per heavy atom. The van der Waals surface area contributed by atoms with Crippen LogP contribution in [-0.2, 0) is 0 Å². The predicted octanol–water partition coefficient (Wildman–Crippen LogP) is 2.52. The van der Waals surface area contributed by atoms with E-state index in [1.54, 1.807) is 16.8 Å². The summed E-state index contributed by atoms with van der Waals surface area (Å²) in [4.78, 5) is 12.0. The third kappa shape index (κ3) is 2.91. The van der Waals surface area contributed by atoms with Gasteiger partial charge in [-0.25, -0.2) is 4.52 Å². The van der Waals surface area contributed by atoms with E-state index in [9.17, 15) is 10.1 Å². The van der Waals surface area contributed by atoms with Crippen LogP contribution in [0, 0.1) is 17.2 Å². The minimum atomic E-state index is -0.558. The van der Waals surface area contributed by atoms with Gasteiger partial charge in [-0.05, 0) is 30.9 Å². The Balaban J connectivity index is 1.82. The molecule has 1 atom stereocenters. The summed E-state index contributed by atoms with van der Waals surface area (Å²) in [5, 5.41) is 18.0. The lowest BCUT2D eigenvalue weighted by atomic mass is 9.96. The average Bonchev–Trinajstić information content (AvgIpc) is 3.40. The summed E-state index contributed by atoms with van der Waals surface area (Å²) in [7, 11) is 0. The highest BCUT2D eigenvalue weighted by Crippen LogP contribution is 2.37. The van der Waals surface area contributed by atoms with Crippen LogP contribution >= 0.6 is 0 Å². The Hall–Kier alpha value is -3.34. The largest absolute Gasteiger partial charge is 0.384 e. The van der Waals surface area contributed by atoms with E-state index in [1.165, 1.54) is 19.0 Å². The van der Waals surface area contributed by atoms with Crippen LogP contribution in [0.4, 0.5) is 5.82 Å². The highest BCUT2D eigenvalue weighted by Gasteiger charge is 2.27. The van der Waals surface area contributed by atoms with Gasteiger partial charge in [-0.1, -0.05) is 12.8 Å². The highest BCUT2D eigenvalue weighted by molar-refractivity contribution is 6.03. The number of nitrogen functional groups attached to an aromatic ring is 1. The molecular weight excluding hydrogens is 342 g/mol. The zero-order valence-corrected chi connectivity index (χ0v) is 14.9. The van der Waals surface area contributed by atoms with E-state index in [-0.39, 0.29) is 6.04 Å². The SMILES string of the molecule is N#CCC(C1CCCC1)n1cc(-c2c(C(N)=O)cnn3c(N)ccc23)cn1. The number of aromatic nitrogens is 4. The fourth-order valence-corrected chi connectivity index (χ4v) is 4.13. The quantitative estimate of drug-likeness (QED) is 0.720. The van der Waals surface area contributed by atoms with Gasteiger partial charge in [-0.15, -0.1) is 0 Å². The first kappa shape index (κ1) is 17.1. The van der Waals surface area contributed by atoms with Gasteiger partial charge in [-0.3, -0.25) is 9.48 Å². The number of primary amides is 1. The minimum absolute atomic E-state index is 0.0398. The molecule has 1 aliphatic carbocycles. The molecule has 1 amide bonds. The second kappa shape index (κ2) is 6.76. The van der Waals surface area contributed by atoms with Gasteiger partial charge in [0, 0.05) is 17.3 Å². The van der Waals surface area contributed by atoms with Crippen LogP contribution in [0.5, 0.6) is 0 Å². The molecular formula is C19H21N7O. The summed E-state index contributed by atoms with van der Waals surface area (Å²) < 4.78 is 3.44. The Bertz CT molecular complexity index is 1040. The highest BCUT2D eigenvalue weighted by atomic mass is 16.1. The fraction of sp³-hybridized carbons (Fsp3) is 0.368. The lowest BCUT2D eigenvalue weighted by Crippen LogP contribution is -2.17. The number of hydrogen-bond acceptors (Lipinski definition) is 5. The maximum Gasteiger partial charge on any atom is 0.251 e. The van der Waals surface area contributed by atoms with Crippen LogP contribution in [0.1, 0.15) is 48.5 Å². The Kier molecular flexibility index (Phi) is 4.28. The number of carbonyl (C=O) groups is 1. The third-order valence-electron chi connectivity index (χ3n) is 5.45. The molecule has 3 aromatic rings. The van der Waals surface area contributed by atoms with E-state index in [0.717, 1.165) is 18.4 Å². The van der Waals surface area contributed by atoms with E-state index in [4.69, 9.17) is 11.5 Å². The maximum absolute atomic E-state index is 12.0. The number of carbonyl (C=O) groups excluding carboxylic acids is 1. The molecule has 0 bridgehead atoms. The van der Waals surface area contributed by atoms with Crippen LogP contribution in [-0.4, -0.2) is 25.3 Å². The van der Waals surface area contributed by atoms with Crippen molar-refractivity contribution in [1.82, 2.24) is 19.4 Å². The molecule has 1 unspecified atom stereocenters. The molecule has 1 fully saturated rings. The van der Waals surface area contributed by atoms with Crippen LogP contribution in [0.3, 0.4) is 0 Å². The maximum atomic E-state index is 12.0. The first-order valence-corrected chi connectivity index (χ1v) is 9.07. The average molecular weight is 363 g/mol. The molecule has 3 aromatic heterocycles. The normalized spacial score (nSPS) is 15.8. The Morgan fingerprint density at radius 1 is 1.30 bits per heavy atom. The van der Waals surface area contributed by atoms with Crippen LogP contribution in [0.25, 0.3) is 16.6 Å². The van der Waals surface area contributed by atoms with Crippen molar-refractivity contribution in [3.63, 3.8) is 0 Å². The summed E-state index contributed by atoms with van der Waals surface area (Å²) in [6, 6.07) is 5.87. The van der Waals surface area contributed by atoms with Crippen molar-refractivity contribution in [3.05, 3.63) is 36.3 Å². The molecule has 8 nitrogen and oxygen atoms in total. The minimum Gasteiger partial charge on any atom is -0.384 e. The fourth-order valence-electron chi connectivity index (χ4n) is 4.13. The number of nitriles is 1. The summed E-state index contributed by atoms with van der Waals surface area (Å²) >= 11 is 0. The first-order valence-electron chi connectivity index (χ1n) is 9.07. The molecule has 0 aliphatic heterocycles. The predicted molar refractivity (Wildman–Crippen MR) is 101 cm³/mol. The van der Waals surface area contributed by atoms with Crippen LogP contribution < -0.4 is 11.5 Å². The van der Waals surface area contributed by atoms with Crippen molar-refractivity contribution in [3.8, 4) is 17.2 Å². The number of hydrogen-bond donors (Lipinski definition) is 2. The van der Waals surface area contributed by atoms with Crippen molar-refractivity contribution in [2.45, 2.75) is 38.1 Å². The second-order valence-corrected chi connectivity index (χ2v) is 7.04. The molecule has 0 saturated heterocycles. The molecule has 27 heavy (non-hydrogen) atoms. The molecule has 4 N–H and O–H groups in total. The second-order valence-electron chi connectivity index (χ2n) is 7.04. The lowest BCUT2D eigenvalue weighted by molar-refractivity contribution is 0.100. The summed E-state index contributed by atoms with van der Waals surface area (Å²) in [5.74, 6) is 0.370. The molecule has 1 aliphatic rings. The number of anilines is 1. The van der Waals surface area contributed by atoms with Crippen LogP contribution in [0.2, 0.25) is 0 Å². The summed E-state index contributed by atoms with van der Waals surface area (Å²) in [5.41, 5.74) is 14.0. The van der Waals surface area contributed by atoms with Gasteiger partial charge in [0.1, 0.15) is 5.82 Å². The van der Waals surface area contributed by atoms with Gasteiger partial charge >= 0.3 is 0 Å². The molecule has 3 heterocycles. The Labute approximate surface area is 156 Å². The molecule has 4 rings (SSSR count). The van der Waals surface area contributed by atoms with Crippen molar-refractivity contribution in [2.24, 2.45) is 11.7 Å². The smallest absolute Gasteiger partial charge is 0.251 e. The van der Waals surface area contributed by atoms with Crippen molar-refractivity contribution < 1.29 is 4.79 Å². The van der Waals surface area contributed by atoms with Crippen molar-refractivity contribution in [2.75, 3.05) is 5.73 Å². The van der Waals surface area contributed by atoms with Gasteiger partial charge in [0.05, 0.1) is 42.0 Å². The van der Waals surface area contributed by atoms with E-state index < -0.39 is 5.91 Å². The van der Waals surface area contributed by atoms with Crippen molar-refractivity contribution >= 4 is 17.2 Å². The number of fused-ring (bicyclic) bond motifs is 1. The molecule has 1 saturated carbocycles. The number of amides is 1. The Morgan fingerprint density at radius 2 is 2.07 bits per heavy atom. The molecule has 0 aromatic carbocycles. The molecule has 0 spiro atoms. The zero-order valence-electron chi connectivity index (χ0n) is 14.9. The molecule has 0 radical (unpaired) electrons. The van der Waals surface area contributed by atoms with Gasteiger partial charge in [0.2, 0.25) is 0 Å². The zero-order chi connectivity index (χ0) is 19.0. The number of nitrogens with two attached hydrogens (primary N) is 2. The van der Waals surface area contributed by atoms with Gasteiger partial charge in [0.15, 0.2) is 0 Å². The first-order chi connectivity index (χ1) is 13.1. The van der Waals surface area contributed by atoms with Crippen molar-refractivity contribution in [1.29, 1.82) is 5.26 Å². The third-order valence-corrected chi connectivity index (χ3v) is 5.45. The van der Waals surface area contributed by atoms with Gasteiger partial charge < -0.3 is 11.5 Å². The molecule has 138 valence electrons. The number of rotatable bonds is 5. The standard InChI is InChI=1S/C19H21N7O/c20-8-7-15(12-3-1-2-4-12)25-11-13(9-23-25)18-14(19(22)27)10-24-26-16(18)5-6-17(26)21/h5-6,9-12,15H,1-4,7,21H2,(H2,22,27). The van der Waals surface area contributed by atoms with E-state index >= 15 is 0 Å². The summed E-state index contributed by atoms with van der Waals surface area (Å²) in [6.45, 7) is 0.